The number of rotatable bonds is 4. The molecular formula is C13H14F2N4O. The smallest absolute Gasteiger partial charge is 0.254 e. The van der Waals surface area contributed by atoms with Gasteiger partial charge in [-0.05, 0) is 6.07 Å². The van der Waals surface area contributed by atoms with Gasteiger partial charge in [-0.15, -0.1) is 0 Å². The molecule has 1 heterocycles. The molecule has 0 saturated carbocycles. The molecule has 5 nitrogen and oxygen atoms in total. The SMILES string of the molecule is Cn1ccnc1CCNC(=O)c1cc(N)c(F)cc1F. The summed E-state index contributed by atoms with van der Waals surface area (Å²) in [5, 5.41) is 2.54. The quantitative estimate of drug-likeness (QED) is 0.828. The largest absolute Gasteiger partial charge is 0.396 e. The molecule has 1 aromatic heterocycles. The van der Waals surface area contributed by atoms with Crippen molar-refractivity contribution >= 4 is 11.6 Å². The van der Waals surface area contributed by atoms with E-state index in [0.29, 0.717) is 19.0 Å². The van der Waals surface area contributed by atoms with Crippen molar-refractivity contribution in [2.75, 3.05) is 12.3 Å². The third kappa shape index (κ3) is 2.93. The molecule has 2 rings (SSSR count). The summed E-state index contributed by atoms with van der Waals surface area (Å²) in [4.78, 5) is 15.9. The second-order valence-electron chi connectivity index (χ2n) is 4.31. The van der Waals surface area contributed by atoms with E-state index in [1.54, 1.807) is 12.4 Å². The lowest BCUT2D eigenvalue weighted by Gasteiger charge is -2.07. The van der Waals surface area contributed by atoms with Crippen LogP contribution in [0.3, 0.4) is 0 Å². The van der Waals surface area contributed by atoms with Crippen molar-refractivity contribution in [2.24, 2.45) is 7.05 Å². The highest BCUT2D eigenvalue weighted by atomic mass is 19.1. The van der Waals surface area contributed by atoms with E-state index in [-0.39, 0.29) is 11.3 Å². The number of hydrogen-bond acceptors (Lipinski definition) is 3. The van der Waals surface area contributed by atoms with Gasteiger partial charge in [0.1, 0.15) is 17.5 Å². The molecule has 106 valence electrons. The summed E-state index contributed by atoms with van der Waals surface area (Å²) in [6.07, 6.45) is 3.95. The first-order valence-corrected chi connectivity index (χ1v) is 5.98. The third-order valence-electron chi connectivity index (χ3n) is 2.89. The summed E-state index contributed by atoms with van der Waals surface area (Å²) in [6.45, 7) is 0.292. The molecule has 7 heteroatoms. The zero-order chi connectivity index (χ0) is 14.7. The van der Waals surface area contributed by atoms with Gasteiger partial charge in [0.25, 0.3) is 5.91 Å². The van der Waals surface area contributed by atoms with E-state index in [4.69, 9.17) is 5.73 Å². The van der Waals surface area contributed by atoms with E-state index >= 15 is 0 Å². The molecule has 2 aromatic rings. The molecule has 0 unspecified atom stereocenters. The maximum Gasteiger partial charge on any atom is 0.254 e. The second-order valence-corrected chi connectivity index (χ2v) is 4.31. The number of anilines is 1. The average Bonchev–Trinajstić information content (AvgIpc) is 2.79. The molecule has 0 saturated heterocycles. The van der Waals surface area contributed by atoms with Crippen molar-refractivity contribution in [1.82, 2.24) is 14.9 Å². The number of nitrogens with zero attached hydrogens (tertiary/aromatic N) is 2. The number of nitrogens with two attached hydrogens (primary N) is 1. The number of nitrogens with one attached hydrogen (secondary N) is 1. The average molecular weight is 280 g/mol. The van der Waals surface area contributed by atoms with E-state index in [0.717, 1.165) is 11.9 Å². The number of aryl methyl sites for hydroxylation is 1. The summed E-state index contributed by atoms with van der Waals surface area (Å²) >= 11 is 0. The number of benzene rings is 1. The predicted molar refractivity (Wildman–Crippen MR) is 70.0 cm³/mol. The highest BCUT2D eigenvalue weighted by Crippen LogP contribution is 2.16. The van der Waals surface area contributed by atoms with Crippen molar-refractivity contribution in [3.63, 3.8) is 0 Å². The van der Waals surface area contributed by atoms with Crippen LogP contribution in [-0.4, -0.2) is 22.0 Å². The van der Waals surface area contributed by atoms with Crippen molar-refractivity contribution < 1.29 is 13.6 Å². The van der Waals surface area contributed by atoms with Gasteiger partial charge < -0.3 is 15.6 Å². The standard InChI is InChI=1S/C13H14F2N4O/c1-19-5-4-17-12(19)2-3-18-13(20)8-6-11(16)10(15)7-9(8)14/h4-7H,2-3,16H2,1H3,(H,18,20). The first-order chi connectivity index (χ1) is 9.49. The van der Waals surface area contributed by atoms with Crippen LogP contribution in [0, 0.1) is 11.6 Å². The predicted octanol–water partition coefficient (Wildman–Crippen LogP) is 1.25. The van der Waals surface area contributed by atoms with Gasteiger partial charge in [0.2, 0.25) is 0 Å². The van der Waals surface area contributed by atoms with Crippen molar-refractivity contribution in [1.29, 1.82) is 0 Å². The molecule has 0 aliphatic heterocycles. The summed E-state index contributed by atoms with van der Waals surface area (Å²) in [7, 11) is 1.84. The molecule has 1 aromatic carbocycles. The van der Waals surface area contributed by atoms with Crippen LogP contribution in [0.25, 0.3) is 0 Å². The number of hydrogen-bond donors (Lipinski definition) is 2. The molecule has 0 radical (unpaired) electrons. The molecule has 0 spiro atoms. The first kappa shape index (κ1) is 14.0. The van der Waals surface area contributed by atoms with Crippen LogP contribution in [0.5, 0.6) is 0 Å². The van der Waals surface area contributed by atoms with Crippen LogP contribution in [0.4, 0.5) is 14.5 Å². The lowest BCUT2D eigenvalue weighted by atomic mass is 10.1. The van der Waals surface area contributed by atoms with E-state index < -0.39 is 17.5 Å². The normalized spacial score (nSPS) is 10.6. The molecule has 0 atom stereocenters. The fourth-order valence-electron chi connectivity index (χ4n) is 1.76. The van der Waals surface area contributed by atoms with Gasteiger partial charge in [-0.2, -0.15) is 0 Å². The van der Waals surface area contributed by atoms with Crippen molar-refractivity contribution in [3.8, 4) is 0 Å². The Morgan fingerprint density at radius 3 is 2.80 bits per heavy atom. The Kier molecular flexibility index (Phi) is 3.97. The first-order valence-electron chi connectivity index (χ1n) is 5.98. The van der Waals surface area contributed by atoms with Crippen LogP contribution in [0.15, 0.2) is 24.5 Å². The minimum atomic E-state index is -0.939. The van der Waals surface area contributed by atoms with Crippen LogP contribution >= 0.6 is 0 Å². The van der Waals surface area contributed by atoms with Crippen LogP contribution in [-0.2, 0) is 13.5 Å². The zero-order valence-corrected chi connectivity index (χ0v) is 10.9. The monoisotopic (exact) mass is 280 g/mol. The summed E-state index contributed by atoms with van der Waals surface area (Å²) in [5.74, 6) is -1.66. The number of carbonyl (C=O) groups excluding carboxylic acids is 1. The van der Waals surface area contributed by atoms with E-state index in [9.17, 15) is 13.6 Å². The van der Waals surface area contributed by atoms with Crippen LogP contribution in [0.1, 0.15) is 16.2 Å². The topological polar surface area (TPSA) is 72.9 Å². The molecule has 3 N–H and O–H groups in total. The van der Waals surface area contributed by atoms with Gasteiger partial charge in [0, 0.05) is 38.5 Å². The Labute approximate surface area is 114 Å². The van der Waals surface area contributed by atoms with E-state index in [1.807, 2.05) is 11.6 Å². The molecule has 0 aliphatic rings. The fourth-order valence-corrected chi connectivity index (χ4v) is 1.76. The number of nitrogen functional groups attached to an aromatic ring is 1. The summed E-state index contributed by atoms with van der Waals surface area (Å²) in [5.41, 5.74) is 4.78. The van der Waals surface area contributed by atoms with Crippen LogP contribution < -0.4 is 11.1 Å². The number of aromatic nitrogens is 2. The third-order valence-corrected chi connectivity index (χ3v) is 2.89. The summed E-state index contributed by atoms with van der Waals surface area (Å²) < 4.78 is 28.3. The molecule has 0 aliphatic carbocycles. The zero-order valence-electron chi connectivity index (χ0n) is 10.9. The highest BCUT2D eigenvalue weighted by Gasteiger charge is 2.14. The highest BCUT2D eigenvalue weighted by molar-refractivity contribution is 5.95. The fraction of sp³-hybridized carbons (Fsp3) is 0.231. The minimum Gasteiger partial charge on any atom is -0.396 e. The van der Waals surface area contributed by atoms with Crippen molar-refractivity contribution in [2.45, 2.75) is 6.42 Å². The molecular weight excluding hydrogens is 266 g/mol. The Bertz CT molecular complexity index is 639. The number of amides is 1. The van der Waals surface area contributed by atoms with Gasteiger partial charge in [-0.1, -0.05) is 0 Å². The molecule has 1 amide bonds. The number of imidazole rings is 1. The molecule has 0 fully saturated rings. The Hall–Kier alpha value is -2.44. The Morgan fingerprint density at radius 1 is 1.40 bits per heavy atom. The van der Waals surface area contributed by atoms with E-state index in [1.165, 1.54) is 0 Å². The van der Waals surface area contributed by atoms with Gasteiger partial charge in [-0.3, -0.25) is 4.79 Å². The van der Waals surface area contributed by atoms with Gasteiger partial charge >= 0.3 is 0 Å². The lowest BCUT2D eigenvalue weighted by molar-refractivity contribution is 0.0950. The summed E-state index contributed by atoms with van der Waals surface area (Å²) in [6, 6.07) is 1.59. The van der Waals surface area contributed by atoms with Gasteiger partial charge in [-0.25, -0.2) is 13.8 Å². The van der Waals surface area contributed by atoms with Gasteiger partial charge in [0.15, 0.2) is 0 Å². The Balaban J connectivity index is 1.99. The number of halogens is 2. The van der Waals surface area contributed by atoms with Crippen LogP contribution in [0.2, 0.25) is 0 Å². The molecule has 20 heavy (non-hydrogen) atoms. The minimum absolute atomic E-state index is 0.263. The maximum absolute atomic E-state index is 13.5. The number of carbonyl (C=O) groups is 1. The molecule has 0 bridgehead atoms. The second kappa shape index (κ2) is 5.68. The van der Waals surface area contributed by atoms with Crippen molar-refractivity contribution in [3.05, 3.63) is 47.5 Å². The maximum atomic E-state index is 13.5. The lowest BCUT2D eigenvalue weighted by Crippen LogP contribution is -2.27. The van der Waals surface area contributed by atoms with Gasteiger partial charge in [0.05, 0.1) is 11.3 Å². The Morgan fingerprint density at radius 2 is 2.15 bits per heavy atom. The van der Waals surface area contributed by atoms with E-state index in [2.05, 4.69) is 10.3 Å².